The number of benzene rings is 1. The predicted octanol–water partition coefficient (Wildman–Crippen LogP) is 3.70. The molecule has 0 bridgehead atoms. The van der Waals surface area contributed by atoms with Gasteiger partial charge in [0, 0.05) is 13.1 Å². The molecule has 120 valence electrons. The average molecular weight is 308 g/mol. The van der Waals surface area contributed by atoms with Crippen LogP contribution in [0.5, 0.6) is 0 Å². The summed E-state index contributed by atoms with van der Waals surface area (Å²) < 4.78 is 0. The van der Waals surface area contributed by atoms with E-state index in [2.05, 4.69) is 54.4 Å². The molecule has 0 radical (unpaired) electrons. The number of hydrogen-bond acceptors (Lipinski definition) is 1. The maximum absolute atomic E-state index is 12.6. The summed E-state index contributed by atoms with van der Waals surface area (Å²) in [4.78, 5) is 14.6. The largest absolute Gasteiger partial charge is 0.335 e. The van der Waals surface area contributed by atoms with Crippen molar-refractivity contribution in [2.75, 3.05) is 13.1 Å². The van der Waals surface area contributed by atoms with Gasteiger partial charge in [-0.15, -0.1) is 6.58 Å². The minimum Gasteiger partial charge on any atom is -0.335 e. The SMILES string of the molecule is C=CCNC(=O)N1CCC2CC=CC=C2C1Cc1ccccc1. The van der Waals surface area contributed by atoms with Gasteiger partial charge in [0.2, 0.25) is 0 Å². The molecular weight excluding hydrogens is 284 g/mol. The van der Waals surface area contributed by atoms with E-state index in [1.807, 2.05) is 11.0 Å². The van der Waals surface area contributed by atoms with Gasteiger partial charge in [-0.05, 0) is 36.3 Å². The third kappa shape index (κ3) is 3.55. The minimum absolute atomic E-state index is 0.0136. The zero-order valence-electron chi connectivity index (χ0n) is 13.4. The average Bonchev–Trinajstić information content (AvgIpc) is 2.61. The Kier molecular flexibility index (Phi) is 4.96. The van der Waals surface area contributed by atoms with Crippen LogP contribution in [-0.4, -0.2) is 30.1 Å². The molecule has 1 aliphatic carbocycles. The van der Waals surface area contributed by atoms with E-state index in [-0.39, 0.29) is 12.1 Å². The Hall–Kier alpha value is -2.29. The lowest BCUT2D eigenvalue weighted by molar-refractivity contribution is 0.160. The number of likely N-dealkylation sites (tertiary alicyclic amines) is 1. The fourth-order valence-electron chi connectivity index (χ4n) is 3.56. The summed E-state index contributed by atoms with van der Waals surface area (Å²) in [5.74, 6) is 0.581. The van der Waals surface area contributed by atoms with Crippen LogP contribution in [-0.2, 0) is 6.42 Å². The Labute approximate surface area is 138 Å². The molecule has 3 nitrogen and oxygen atoms in total. The molecule has 2 unspecified atom stereocenters. The first kappa shape index (κ1) is 15.6. The molecule has 1 N–H and O–H groups in total. The zero-order chi connectivity index (χ0) is 16.1. The molecule has 2 aliphatic rings. The van der Waals surface area contributed by atoms with Crippen LogP contribution in [0.3, 0.4) is 0 Å². The number of nitrogens with zero attached hydrogens (tertiary/aromatic N) is 1. The molecule has 1 heterocycles. The summed E-state index contributed by atoms with van der Waals surface area (Å²) in [6, 6.07) is 10.6. The molecule has 1 saturated heterocycles. The second-order valence-corrected chi connectivity index (χ2v) is 6.19. The van der Waals surface area contributed by atoms with Gasteiger partial charge < -0.3 is 10.2 Å². The fraction of sp³-hybridized carbons (Fsp3) is 0.350. The molecule has 3 heteroatoms. The van der Waals surface area contributed by atoms with Crippen LogP contribution in [0.15, 0.2) is 66.8 Å². The van der Waals surface area contributed by atoms with Gasteiger partial charge >= 0.3 is 6.03 Å². The maximum Gasteiger partial charge on any atom is 0.318 e. The van der Waals surface area contributed by atoms with Crippen molar-refractivity contribution in [1.82, 2.24) is 10.2 Å². The topological polar surface area (TPSA) is 32.3 Å². The van der Waals surface area contributed by atoms with Gasteiger partial charge in [-0.2, -0.15) is 0 Å². The van der Waals surface area contributed by atoms with Gasteiger partial charge in [-0.25, -0.2) is 4.79 Å². The van der Waals surface area contributed by atoms with Crippen LogP contribution in [0.25, 0.3) is 0 Å². The molecule has 1 fully saturated rings. The maximum atomic E-state index is 12.6. The van der Waals surface area contributed by atoms with Crippen LogP contribution >= 0.6 is 0 Å². The fourth-order valence-corrected chi connectivity index (χ4v) is 3.56. The summed E-state index contributed by atoms with van der Waals surface area (Å²) in [5.41, 5.74) is 2.67. The normalized spacial score (nSPS) is 23.0. The summed E-state index contributed by atoms with van der Waals surface area (Å²) in [6.45, 7) is 5.00. The van der Waals surface area contributed by atoms with Gasteiger partial charge in [-0.1, -0.05) is 54.6 Å². The summed E-state index contributed by atoms with van der Waals surface area (Å²) in [7, 11) is 0. The quantitative estimate of drug-likeness (QED) is 0.845. The molecule has 3 rings (SSSR count). The zero-order valence-corrected chi connectivity index (χ0v) is 13.4. The number of carbonyl (C=O) groups excluding carboxylic acids is 1. The second-order valence-electron chi connectivity index (χ2n) is 6.19. The van der Waals surface area contributed by atoms with E-state index in [9.17, 15) is 4.79 Å². The lowest BCUT2D eigenvalue weighted by Gasteiger charge is -2.42. The third-order valence-electron chi connectivity index (χ3n) is 4.73. The second kappa shape index (κ2) is 7.32. The van der Waals surface area contributed by atoms with E-state index >= 15 is 0 Å². The smallest absolute Gasteiger partial charge is 0.318 e. The van der Waals surface area contributed by atoms with Crippen LogP contribution in [0.4, 0.5) is 4.79 Å². The Morgan fingerprint density at radius 3 is 2.96 bits per heavy atom. The van der Waals surface area contributed by atoms with E-state index in [4.69, 9.17) is 0 Å². The lowest BCUT2D eigenvalue weighted by atomic mass is 9.78. The first-order valence-corrected chi connectivity index (χ1v) is 8.35. The van der Waals surface area contributed by atoms with Crippen molar-refractivity contribution in [2.24, 2.45) is 5.92 Å². The molecule has 1 aromatic carbocycles. The van der Waals surface area contributed by atoms with E-state index in [1.54, 1.807) is 6.08 Å². The number of amides is 2. The summed E-state index contributed by atoms with van der Waals surface area (Å²) in [5, 5.41) is 2.94. The molecule has 23 heavy (non-hydrogen) atoms. The van der Waals surface area contributed by atoms with Crippen molar-refractivity contribution in [2.45, 2.75) is 25.3 Å². The van der Waals surface area contributed by atoms with Crippen molar-refractivity contribution in [3.05, 3.63) is 72.4 Å². The van der Waals surface area contributed by atoms with E-state index in [0.717, 1.165) is 25.8 Å². The van der Waals surface area contributed by atoms with Gasteiger partial charge in [0.25, 0.3) is 0 Å². The van der Waals surface area contributed by atoms with Crippen LogP contribution in [0.1, 0.15) is 18.4 Å². The number of piperidine rings is 1. The highest BCUT2D eigenvalue weighted by Crippen LogP contribution is 2.35. The Bertz CT molecular complexity index is 618. The Balaban J connectivity index is 1.85. The first-order chi connectivity index (χ1) is 11.3. The third-order valence-corrected chi connectivity index (χ3v) is 4.73. The van der Waals surface area contributed by atoms with Crippen molar-refractivity contribution in [3.8, 4) is 0 Å². The standard InChI is InChI=1S/C20H24N2O/c1-2-13-21-20(23)22-14-12-17-10-6-7-11-18(17)19(22)15-16-8-4-3-5-9-16/h2-9,11,17,19H,1,10,12-15H2,(H,21,23). The molecule has 1 aromatic rings. The van der Waals surface area contributed by atoms with Gasteiger partial charge in [-0.3, -0.25) is 0 Å². The number of urea groups is 1. The molecule has 2 amide bonds. The first-order valence-electron chi connectivity index (χ1n) is 8.35. The highest BCUT2D eigenvalue weighted by molar-refractivity contribution is 5.75. The van der Waals surface area contributed by atoms with Crippen molar-refractivity contribution in [1.29, 1.82) is 0 Å². The summed E-state index contributed by atoms with van der Waals surface area (Å²) >= 11 is 0. The number of rotatable bonds is 4. The minimum atomic E-state index is 0.0136. The number of hydrogen-bond donors (Lipinski definition) is 1. The Morgan fingerprint density at radius 2 is 2.17 bits per heavy atom. The van der Waals surface area contributed by atoms with Crippen LogP contribution < -0.4 is 5.32 Å². The number of fused-ring (bicyclic) bond motifs is 1. The summed E-state index contributed by atoms with van der Waals surface area (Å²) in [6.07, 6.45) is 11.3. The molecule has 0 spiro atoms. The Morgan fingerprint density at radius 1 is 1.35 bits per heavy atom. The number of carbonyl (C=O) groups is 1. The van der Waals surface area contributed by atoms with Crippen molar-refractivity contribution >= 4 is 6.03 Å². The lowest BCUT2D eigenvalue weighted by Crippen LogP contribution is -2.52. The van der Waals surface area contributed by atoms with Gasteiger partial charge in [0.05, 0.1) is 6.04 Å². The molecule has 0 aromatic heterocycles. The number of nitrogens with one attached hydrogen (secondary N) is 1. The van der Waals surface area contributed by atoms with E-state index in [1.165, 1.54) is 11.1 Å². The highest BCUT2D eigenvalue weighted by atomic mass is 16.2. The molecule has 2 atom stereocenters. The highest BCUT2D eigenvalue weighted by Gasteiger charge is 2.35. The van der Waals surface area contributed by atoms with Crippen molar-refractivity contribution < 1.29 is 4.79 Å². The molecule has 1 aliphatic heterocycles. The van der Waals surface area contributed by atoms with Gasteiger partial charge in [0.1, 0.15) is 0 Å². The van der Waals surface area contributed by atoms with Gasteiger partial charge in [0.15, 0.2) is 0 Å². The number of allylic oxidation sites excluding steroid dienone is 3. The monoisotopic (exact) mass is 308 g/mol. The van der Waals surface area contributed by atoms with Crippen molar-refractivity contribution in [3.63, 3.8) is 0 Å². The molecule has 0 saturated carbocycles. The predicted molar refractivity (Wildman–Crippen MR) is 94.2 cm³/mol. The molecular formula is C20H24N2O. The van der Waals surface area contributed by atoms with E-state index in [0.29, 0.717) is 12.5 Å². The van der Waals surface area contributed by atoms with E-state index < -0.39 is 0 Å². The van der Waals surface area contributed by atoms with Crippen LogP contribution in [0.2, 0.25) is 0 Å². The van der Waals surface area contributed by atoms with Crippen LogP contribution in [0, 0.1) is 5.92 Å².